The Bertz CT molecular complexity index is 597. The summed E-state index contributed by atoms with van der Waals surface area (Å²) in [5.74, 6) is -0.441. The molecule has 0 saturated carbocycles. The molecule has 1 aromatic heterocycles. The van der Waals surface area contributed by atoms with Gasteiger partial charge in [-0.2, -0.15) is 0 Å². The lowest BCUT2D eigenvalue weighted by molar-refractivity contribution is 0.251. The molecule has 0 bridgehead atoms. The van der Waals surface area contributed by atoms with E-state index in [4.69, 9.17) is 0 Å². The molecule has 19 heavy (non-hydrogen) atoms. The van der Waals surface area contributed by atoms with Crippen LogP contribution in [0.25, 0.3) is 0 Å². The molecule has 0 saturated heterocycles. The lowest BCUT2D eigenvalue weighted by Crippen LogP contribution is -2.28. The van der Waals surface area contributed by atoms with E-state index in [9.17, 15) is 9.18 Å². The number of aromatic nitrogens is 1. The number of benzene rings is 1. The maximum atomic E-state index is 13.5. The van der Waals surface area contributed by atoms with Crippen molar-refractivity contribution in [3.8, 4) is 0 Å². The smallest absolute Gasteiger partial charge is 0.319 e. The Morgan fingerprint density at radius 2 is 2.21 bits per heavy atom. The molecule has 2 N–H and O–H groups in total. The number of thiazole rings is 1. The molecule has 100 valence electrons. The van der Waals surface area contributed by atoms with E-state index in [1.807, 2.05) is 6.92 Å². The van der Waals surface area contributed by atoms with Crippen molar-refractivity contribution >= 4 is 23.1 Å². The number of aryl methyl sites for hydroxylation is 2. The van der Waals surface area contributed by atoms with E-state index in [1.54, 1.807) is 25.3 Å². The number of carbonyl (C=O) groups is 1. The highest BCUT2D eigenvalue weighted by molar-refractivity contribution is 7.11. The zero-order valence-corrected chi connectivity index (χ0v) is 11.5. The largest absolute Gasteiger partial charge is 0.333 e. The maximum absolute atomic E-state index is 13.5. The molecule has 6 heteroatoms. The van der Waals surface area contributed by atoms with Crippen LogP contribution >= 0.6 is 11.3 Å². The number of carbonyl (C=O) groups excluding carboxylic acids is 1. The third-order valence-electron chi connectivity index (χ3n) is 2.47. The normalized spacial score (nSPS) is 10.3. The molecule has 0 aliphatic carbocycles. The Labute approximate surface area is 114 Å². The van der Waals surface area contributed by atoms with Gasteiger partial charge in [-0.15, -0.1) is 11.3 Å². The molecule has 0 aliphatic rings. The number of anilines is 1. The summed E-state index contributed by atoms with van der Waals surface area (Å²) in [5, 5.41) is 6.08. The number of amides is 2. The van der Waals surface area contributed by atoms with Gasteiger partial charge in [-0.05, 0) is 31.5 Å². The minimum absolute atomic E-state index is 0.170. The van der Waals surface area contributed by atoms with E-state index < -0.39 is 11.8 Å². The predicted molar refractivity (Wildman–Crippen MR) is 73.8 cm³/mol. The van der Waals surface area contributed by atoms with E-state index in [2.05, 4.69) is 15.6 Å². The fourth-order valence-electron chi connectivity index (χ4n) is 1.54. The highest BCUT2D eigenvalue weighted by Gasteiger charge is 2.07. The van der Waals surface area contributed by atoms with Crippen molar-refractivity contribution in [2.75, 3.05) is 5.32 Å². The van der Waals surface area contributed by atoms with Gasteiger partial charge in [0.25, 0.3) is 0 Å². The van der Waals surface area contributed by atoms with Gasteiger partial charge in [0.15, 0.2) is 0 Å². The van der Waals surface area contributed by atoms with Crippen LogP contribution < -0.4 is 10.6 Å². The molecule has 2 rings (SSSR count). The van der Waals surface area contributed by atoms with Crippen LogP contribution in [0.2, 0.25) is 0 Å². The van der Waals surface area contributed by atoms with Gasteiger partial charge in [0, 0.05) is 11.1 Å². The van der Waals surface area contributed by atoms with Crippen molar-refractivity contribution in [3.63, 3.8) is 0 Å². The summed E-state index contributed by atoms with van der Waals surface area (Å²) in [4.78, 5) is 16.7. The summed E-state index contributed by atoms with van der Waals surface area (Å²) < 4.78 is 13.5. The van der Waals surface area contributed by atoms with Gasteiger partial charge in [0.2, 0.25) is 0 Å². The van der Waals surface area contributed by atoms with Crippen LogP contribution in [0, 0.1) is 19.7 Å². The van der Waals surface area contributed by atoms with Gasteiger partial charge in [-0.25, -0.2) is 14.2 Å². The lowest BCUT2D eigenvalue weighted by atomic mass is 10.2. The van der Waals surface area contributed by atoms with Gasteiger partial charge < -0.3 is 10.6 Å². The zero-order valence-electron chi connectivity index (χ0n) is 10.7. The highest BCUT2D eigenvalue weighted by atomic mass is 32.1. The number of urea groups is 1. The Morgan fingerprint density at radius 3 is 2.84 bits per heavy atom. The SMILES string of the molecule is Cc1ccc(NC(=O)NCc2cnc(C)s2)c(F)c1. The van der Waals surface area contributed by atoms with Crippen LogP contribution in [0.1, 0.15) is 15.4 Å². The van der Waals surface area contributed by atoms with Crippen molar-refractivity contribution in [2.45, 2.75) is 20.4 Å². The summed E-state index contributed by atoms with van der Waals surface area (Å²) in [6, 6.07) is 4.22. The number of halogens is 1. The molecule has 1 heterocycles. The molecule has 0 radical (unpaired) electrons. The van der Waals surface area contributed by atoms with Crippen LogP contribution in [-0.4, -0.2) is 11.0 Å². The molecular formula is C13H14FN3OS. The fourth-order valence-corrected chi connectivity index (χ4v) is 2.28. The number of nitrogens with one attached hydrogen (secondary N) is 2. The lowest BCUT2D eigenvalue weighted by Gasteiger charge is -2.08. The third-order valence-corrected chi connectivity index (χ3v) is 3.38. The van der Waals surface area contributed by atoms with Crippen molar-refractivity contribution in [2.24, 2.45) is 0 Å². The maximum Gasteiger partial charge on any atom is 0.319 e. The average molecular weight is 279 g/mol. The molecule has 0 spiro atoms. The van der Waals surface area contributed by atoms with Gasteiger partial charge in [0.05, 0.1) is 17.2 Å². The van der Waals surface area contributed by atoms with Gasteiger partial charge in [-0.1, -0.05) is 6.07 Å². The van der Waals surface area contributed by atoms with E-state index in [0.29, 0.717) is 6.54 Å². The Kier molecular flexibility index (Phi) is 4.11. The van der Waals surface area contributed by atoms with E-state index in [1.165, 1.54) is 17.4 Å². The highest BCUT2D eigenvalue weighted by Crippen LogP contribution is 2.15. The molecule has 0 aliphatic heterocycles. The molecule has 1 aromatic carbocycles. The van der Waals surface area contributed by atoms with Gasteiger partial charge in [-0.3, -0.25) is 0 Å². The zero-order chi connectivity index (χ0) is 13.8. The number of hydrogen-bond acceptors (Lipinski definition) is 3. The molecule has 2 aromatic rings. The van der Waals surface area contributed by atoms with E-state index in [0.717, 1.165) is 15.4 Å². The van der Waals surface area contributed by atoms with Gasteiger partial charge >= 0.3 is 6.03 Å². The molecule has 2 amide bonds. The van der Waals surface area contributed by atoms with Crippen LogP contribution in [-0.2, 0) is 6.54 Å². The molecule has 0 unspecified atom stereocenters. The first-order valence-electron chi connectivity index (χ1n) is 5.77. The second-order valence-electron chi connectivity index (χ2n) is 4.14. The minimum Gasteiger partial charge on any atom is -0.333 e. The number of nitrogens with zero attached hydrogens (tertiary/aromatic N) is 1. The van der Waals surface area contributed by atoms with Crippen LogP contribution in [0.4, 0.5) is 14.9 Å². The summed E-state index contributed by atoms with van der Waals surface area (Å²) >= 11 is 1.51. The molecule has 0 atom stereocenters. The van der Waals surface area contributed by atoms with Gasteiger partial charge in [0.1, 0.15) is 5.82 Å². The molecule has 0 fully saturated rings. The second kappa shape index (κ2) is 5.79. The van der Waals surface area contributed by atoms with Crippen molar-refractivity contribution in [1.29, 1.82) is 0 Å². The number of hydrogen-bond donors (Lipinski definition) is 2. The van der Waals surface area contributed by atoms with Crippen LogP contribution in [0.15, 0.2) is 24.4 Å². The number of rotatable bonds is 3. The predicted octanol–water partition coefficient (Wildman–Crippen LogP) is 3.22. The Morgan fingerprint density at radius 1 is 1.42 bits per heavy atom. The molecular weight excluding hydrogens is 265 g/mol. The first-order chi connectivity index (χ1) is 9.04. The summed E-state index contributed by atoms with van der Waals surface area (Å²) in [6.45, 7) is 4.07. The van der Waals surface area contributed by atoms with E-state index in [-0.39, 0.29) is 5.69 Å². The van der Waals surface area contributed by atoms with Crippen molar-refractivity contribution in [1.82, 2.24) is 10.3 Å². The monoisotopic (exact) mass is 279 g/mol. The summed E-state index contributed by atoms with van der Waals surface area (Å²) in [7, 11) is 0. The molecule has 4 nitrogen and oxygen atoms in total. The van der Waals surface area contributed by atoms with Crippen LogP contribution in [0.5, 0.6) is 0 Å². The first-order valence-corrected chi connectivity index (χ1v) is 6.58. The standard InChI is InChI=1S/C13H14FN3OS/c1-8-3-4-12(11(14)5-8)17-13(18)16-7-10-6-15-9(2)19-10/h3-6H,7H2,1-2H3,(H2,16,17,18). The quantitative estimate of drug-likeness (QED) is 0.906. The van der Waals surface area contributed by atoms with E-state index >= 15 is 0 Å². The van der Waals surface area contributed by atoms with Crippen LogP contribution in [0.3, 0.4) is 0 Å². The van der Waals surface area contributed by atoms with Crippen molar-refractivity contribution < 1.29 is 9.18 Å². The second-order valence-corrected chi connectivity index (χ2v) is 5.46. The first kappa shape index (κ1) is 13.5. The Hall–Kier alpha value is -1.95. The third kappa shape index (κ3) is 3.75. The summed E-state index contributed by atoms with van der Waals surface area (Å²) in [5.41, 5.74) is 0.979. The Balaban J connectivity index is 1.90. The van der Waals surface area contributed by atoms with Crippen molar-refractivity contribution in [3.05, 3.63) is 45.7 Å². The summed E-state index contributed by atoms with van der Waals surface area (Å²) in [6.07, 6.45) is 1.72. The fraction of sp³-hybridized carbons (Fsp3) is 0.231. The average Bonchev–Trinajstić information content (AvgIpc) is 2.76. The minimum atomic E-state index is -0.441. The topological polar surface area (TPSA) is 54.0 Å².